The third-order valence-electron chi connectivity index (χ3n) is 25.9. The van der Waals surface area contributed by atoms with E-state index in [9.17, 15) is 15.3 Å². The van der Waals surface area contributed by atoms with Crippen LogP contribution in [-0.2, 0) is 63.2 Å². The number of imidazole rings is 3. The first-order valence-electron chi connectivity index (χ1n) is 47.0. The molecular formula is C123H108N9O3Pt3-3. The van der Waals surface area contributed by atoms with Crippen LogP contribution in [0.1, 0.15) is 177 Å². The zero-order chi connectivity index (χ0) is 93.6. The summed E-state index contributed by atoms with van der Waals surface area (Å²) in [6.07, 6.45) is 0. The summed E-state index contributed by atoms with van der Waals surface area (Å²) in [4.78, 5) is 31.6. The molecule has 696 valence electrons. The van der Waals surface area contributed by atoms with Crippen LogP contribution in [0.5, 0.6) is 17.2 Å². The molecule has 0 aliphatic carbocycles. The van der Waals surface area contributed by atoms with Gasteiger partial charge in [0, 0.05) is 79.9 Å². The van der Waals surface area contributed by atoms with Crippen molar-refractivity contribution in [2.45, 2.75) is 138 Å². The molecule has 0 atom stereocenters. The molecule has 3 N–H and O–H groups in total. The van der Waals surface area contributed by atoms with Crippen molar-refractivity contribution in [1.82, 2.24) is 43.6 Å². The van der Waals surface area contributed by atoms with E-state index in [1.807, 2.05) is 121 Å². The van der Waals surface area contributed by atoms with Crippen LogP contribution >= 0.6 is 0 Å². The van der Waals surface area contributed by atoms with Crippen LogP contribution in [0.3, 0.4) is 0 Å². The maximum atomic E-state index is 11.2. The average molecular weight is 2350 g/mol. The normalized spacial score (nSPS) is 11.5. The van der Waals surface area contributed by atoms with Gasteiger partial charge in [-0.1, -0.05) is 326 Å². The Kier molecular flexibility index (Phi) is 29.5. The van der Waals surface area contributed by atoms with Gasteiger partial charge in [-0.3, -0.25) is 28.7 Å². The van der Waals surface area contributed by atoms with E-state index >= 15 is 0 Å². The minimum Gasteiger partial charge on any atom is -0.507 e. The monoisotopic (exact) mass is 2340 g/mol. The molecule has 21 aromatic rings. The molecule has 15 aromatic carbocycles. The van der Waals surface area contributed by atoms with Crippen molar-refractivity contribution in [2.75, 3.05) is 0 Å². The number of pyridine rings is 3. The van der Waals surface area contributed by atoms with E-state index in [0.29, 0.717) is 40.1 Å². The molecule has 0 aliphatic heterocycles. The van der Waals surface area contributed by atoms with Crippen LogP contribution in [0.4, 0.5) is 0 Å². The number of nitrogens with zero attached hydrogens (tertiary/aromatic N) is 9. The number of phenolic OH excluding ortho intramolecular Hbond substituents is 3. The van der Waals surface area contributed by atoms with Gasteiger partial charge in [0.1, 0.15) is 34.7 Å². The molecule has 0 fully saturated rings. The first kappa shape index (κ1) is 97.5. The number of hydrogen-bond acceptors (Lipinski definition) is 9. The Morgan fingerprint density at radius 1 is 0.246 bits per heavy atom. The second-order valence-corrected chi connectivity index (χ2v) is 37.2. The van der Waals surface area contributed by atoms with E-state index in [2.05, 4.69) is 329 Å². The predicted molar refractivity (Wildman–Crippen MR) is 558 cm³/mol. The number of aromatic hydroxyl groups is 3. The van der Waals surface area contributed by atoms with E-state index in [4.69, 9.17) is 29.9 Å². The molecule has 15 heteroatoms. The summed E-state index contributed by atoms with van der Waals surface area (Å²) in [7, 11) is 0. The molecule has 0 saturated carbocycles. The molecule has 12 nitrogen and oxygen atoms in total. The SMILES string of the molecule is CC(C)c1ccc2c(-c3[c-]cccc3)nc(-c3cccc4c3nc(-c3ccccc3O)n4-c3c(C(C)C)cccc3C(C)C)cc2c1.CC(C)c1cccc(C(C)C)c1-n1c(-c2ccccc2O)nc2c(-c3cccc(-c4[c-]cc5ccccc5c4)n3)cccc21.CC(C)c1cccc(C(C)C)c1-n1c(-c2ccccc2O)nc2c(-c3cccc(-c4[c-]ccc5ccccc45)n3)cccc21.[Pt].[Pt].[Pt]. The largest absolute Gasteiger partial charge is 0.507 e. The fourth-order valence-corrected chi connectivity index (χ4v) is 19.1. The Morgan fingerprint density at radius 3 is 1.06 bits per heavy atom. The second-order valence-electron chi connectivity index (χ2n) is 37.2. The molecule has 6 aromatic heterocycles. The van der Waals surface area contributed by atoms with Crippen molar-refractivity contribution in [1.29, 1.82) is 0 Å². The minimum atomic E-state index is 0. The predicted octanol–water partition coefficient (Wildman–Crippen LogP) is 32.1. The van der Waals surface area contributed by atoms with Gasteiger partial charge in [-0.25, -0.2) is 15.0 Å². The molecular weight excluding hydrogens is 2240 g/mol. The smallest absolute Gasteiger partial charge is 0.149 e. The van der Waals surface area contributed by atoms with Crippen LogP contribution in [0.2, 0.25) is 0 Å². The van der Waals surface area contributed by atoms with Gasteiger partial charge in [0.2, 0.25) is 0 Å². The third-order valence-corrected chi connectivity index (χ3v) is 25.9. The standard InChI is InChI=1S/C43H40N3O.2C40H34N3O.3Pt/c1-26(2)30-22-23-34-31(24-30)25-37(44-40(34)29-14-8-7-9-15-29)35-19-13-20-38-41(35)45-43(36-16-10-11-21-39(36)47)46(38)42-32(27(3)4)17-12-18-33(42)28(5)6;1-25(2)28-17-10-18-29(26(3)4)39(28)43-36-23-11-20-32(38(36)42-40(43)33-16-7-8-24-37(33)44)35-22-12-21-34(41-35)31-19-9-14-27-13-5-6-15-30(27)31;1-25(2)30-15-9-16-31(26(3)4)39(30)43-36-20-10-17-32(38(36)42-40(43)33-14-7-8-21-37(33)44)35-19-11-18-34(41-35)29-23-22-27-12-5-6-13-28(27)24-29;;;/h7-14,16-28,47H,1-6H3;5-18,20-26,44H,1-4H3;5-22,24-26,44H,1-4H3;;;/q3*-1;;;. The van der Waals surface area contributed by atoms with E-state index in [1.165, 1.54) is 38.9 Å². The van der Waals surface area contributed by atoms with Crippen molar-refractivity contribution >= 4 is 65.4 Å². The van der Waals surface area contributed by atoms with Crippen LogP contribution in [0.15, 0.2) is 340 Å². The van der Waals surface area contributed by atoms with E-state index < -0.39 is 0 Å². The summed E-state index contributed by atoms with van der Waals surface area (Å²) in [5.41, 5.74) is 30.5. The molecule has 0 unspecified atom stereocenters. The first-order valence-corrected chi connectivity index (χ1v) is 47.0. The first-order chi connectivity index (χ1) is 65.5. The number of hydrogen-bond donors (Lipinski definition) is 3. The molecule has 0 aliphatic rings. The molecule has 0 saturated heterocycles. The number of benzene rings is 15. The van der Waals surface area contributed by atoms with E-state index in [-0.39, 0.29) is 116 Å². The maximum Gasteiger partial charge on any atom is 0.149 e. The molecule has 138 heavy (non-hydrogen) atoms. The Hall–Kier alpha value is -13.6. The summed E-state index contributed by atoms with van der Waals surface area (Å²) in [6, 6.07) is 125. The molecule has 0 spiro atoms. The van der Waals surface area contributed by atoms with Crippen molar-refractivity contribution in [2.24, 2.45) is 0 Å². The molecule has 21 rings (SSSR count). The fourth-order valence-electron chi connectivity index (χ4n) is 19.1. The molecule has 6 heterocycles. The summed E-state index contributed by atoms with van der Waals surface area (Å²) >= 11 is 0. The fraction of sp³-hybridized carbons (Fsp3) is 0.171. The zero-order valence-electron chi connectivity index (χ0n) is 79.7. The molecule has 0 bridgehead atoms. The number of aromatic nitrogens is 9. The van der Waals surface area contributed by atoms with Crippen molar-refractivity contribution < 1.29 is 78.5 Å². The Bertz CT molecular complexity index is 7970. The van der Waals surface area contributed by atoms with Gasteiger partial charge >= 0.3 is 0 Å². The van der Waals surface area contributed by atoms with Gasteiger partial charge in [0.25, 0.3) is 0 Å². The van der Waals surface area contributed by atoms with Crippen molar-refractivity contribution in [3.8, 4) is 136 Å². The number of fused-ring (bicyclic) bond motifs is 6. The summed E-state index contributed by atoms with van der Waals surface area (Å²) in [5, 5.41) is 40.2. The van der Waals surface area contributed by atoms with E-state index in [1.54, 1.807) is 18.2 Å². The second kappa shape index (κ2) is 41.8. The molecule has 0 radical (unpaired) electrons. The van der Waals surface area contributed by atoms with Crippen LogP contribution < -0.4 is 0 Å². The van der Waals surface area contributed by atoms with Gasteiger partial charge in [-0.05, 0) is 181 Å². The minimum absolute atomic E-state index is 0. The number of rotatable bonds is 19. The van der Waals surface area contributed by atoms with Gasteiger partial charge in [0.15, 0.2) is 0 Å². The Balaban J connectivity index is 0.000000148. The Labute approximate surface area is 851 Å². The van der Waals surface area contributed by atoms with Gasteiger partial charge in [-0.15, -0.1) is 94.2 Å². The zero-order valence-corrected chi connectivity index (χ0v) is 86.5. The Morgan fingerprint density at radius 2 is 0.623 bits per heavy atom. The summed E-state index contributed by atoms with van der Waals surface area (Å²) in [5.74, 6) is 4.84. The topological polar surface area (TPSA) is 153 Å². The number of para-hydroxylation sites is 9. The van der Waals surface area contributed by atoms with E-state index in [0.717, 1.165) is 150 Å². The summed E-state index contributed by atoms with van der Waals surface area (Å²) < 4.78 is 6.77. The third kappa shape index (κ3) is 18.8. The van der Waals surface area contributed by atoms with Gasteiger partial charge < -0.3 is 15.3 Å². The van der Waals surface area contributed by atoms with Gasteiger partial charge in [-0.2, -0.15) is 0 Å². The molecule has 0 amide bonds. The van der Waals surface area contributed by atoms with Crippen LogP contribution in [0, 0.1) is 18.2 Å². The van der Waals surface area contributed by atoms with Crippen LogP contribution in [-0.4, -0.2) is 58.9 Å². The number of phenols is 3. The van der Waals surface area contributed by atoms with Crippen molar-refractivity contribution in [3.63, 3.8) is 0 Å². The summed E-state index contributed by atoms with van der Waals surface area (Å²) in [6.45, 7) is 31.2. The average Bonchev–Trinajstić information content (AvgIpc) is 1.58. The van der Waals surface area contributed by atoms with Crippen LogP contribution in [0.25, 0.3) is 184 Å². The maximum absolute atomic E-state index is 11.2. The van der Waals surface area contributed by atoms with Gasteiger partial charge in [0.05, 0.1) is 83.9 Å². The quantitative estimate of drug-likeness (QED) is 0.0672. The van der Waals surface area contributed by atoms with Crippen molar-refractivity contribution in [3.05, 3.63) is 397 Å².